The van der Waals surface area contributed by atoms with E-state index in [0.29, 0.717) is 5.75 Å². The molecule has 2 heterocycles. The van der Waals surface area contributed by atoms with Gasteiger partial charge in [0.1, 0.15) is 23.5 Å². The molecule has 7 heteroatoms. The molecular weight excluding hydrogens is 288 g/mol. The molecule has 21 heavy (non-hydrogen) atoms. The number of ether oxygens (including phenoxy) is 1. The summed E-state index contributed by atoms with van der Waals surface area (Å²) in [6, 6.07) is 9.65. The van der Waals surface area contributed by atoms with Crippen molar-refractivity contribution in [2.75, 3.05) is 7.11 Å². The highest BCUT2D eigenvalue weighted by atomic mass is 32.2. The first-order valence-corrected chi connectivity index (χ1v) is 7.31. The van der Waals surface area contributed by atoms with Crippen LogP contribution in [0.1, 0.15) is 5.76 Å². The van der Waals surface area contributed by atoms with Gasteiger partial charge in [0.2, 0.25) is 0 Å². The van der Waals surface area contributed by atoms with E-state index in [2.05, 4.69) is 15.4 Å². The van der Waals surface area contributed by atoms with Gasteiger partial charge in [-0.05, 0) is 24.3 Å². The summed E-state index contributed by atoms with van der Waals surface area (Å²) in [5, 5.41) is 12.8. The average molecular weight is 302 g/mol. The van der Waals surface area contributed by atoms with Crippen molar-refractivity contribution in [3.05, 3.63) is 42.4 Å². The maximum Gasteiger partial charge on any atom is 0.191 e. The van der Waals surface area contributed by atoms with Crippen molar-refractivity contribution in [3.8, 4) is 17.0 Å². The fourth-order valence-corrected chi connectivity index (χ4v) is 2.58. The fourth-order valence-electron chi connectivity index (χ4n) is 1.82. The predicted octanol–water partition coefficient (Wildman–Crippen LogP) is 2.77. The van der Waals surface area contributed by atoms with Gasteiger partial charge in [-0.15, -0.1) is 10.2 Å². The number of hydrogen-bond donors (Lipinski definition) is 0. The molecule has 0 aliphatic carbocycles. The molecule has 0 aliphatic heterocycles. The van der Waals surface area contributed by atoms with Crippen LogP contribution in [0.15, 0.2) is 46.3 Å². The third kappa shape index (κ3) is 3.08. The molecule has 2 aromatic heterocycles. The number of benzene rings is 1. The Bertz CT molecular complexity index is 721. The van der Waals surface area contributed by atoms with Crippen LogP contribution in [0.25, 0.3) is 11.3 Å². The topological polar surface area (TPSA) is 66.0 Å². The molecule has 0 unspecified atom stereocenters. The standard InChI is InChI=1S/C14H14N4O2S/c1-18-9-15-16-14(18)21-8-12-7-13(17-20-12)10-3-5-11(19-2)6-4-10/h3-7,9H,8H2,1-2H3. The molecule has 0 radical (unpaired) electrons. The SMILES string of the molecule is COc1ccc(-c2cc(CSc3nncn3C)on2)cc1. The van der Waals surface area contributed by atoms with Crippen LogP contribution in [0.3, 0.4) is 0 Å². The van der Waals surface area contributed by atoms with Crippen molar-refractivity contribution in [3.63, 3.8) is 0 Å². The Morgan fingerprint density at radius 3 is 2.76 bits per heavy atom. The van der Waals surface area contributed by atoms with Gasteiger partial charge < -0.3 is 13.8 Å². The number of rotatable bonds is 5. The Hall–Kier alpha value is -2.28. The molecule has 6 nitrogen and oxygen atoms in total. The van der Waals surface area contributed by atoms with Crippen LogP contribution in [-0.4, -0.2) is 27.0 Å². The van der Waals surface area contributed by atoms with Gasteiger partial charge >= 0.3 is 0 Å². The molecule has 3 rings (SSSR count). The summed E-state index contributed by atoms with van der Waals surface area (Å²) in [6.45, 7) is 0. The van der Waals surface area contributed by atoms with Crippen LogP contribution in [0.5, 0.6) is 5.75 Å². The molecule has 0 spiro atoms. The van der Waals surface area contributed by atoms with E-state index in [9.17, 15) is 0 Å². The quantitative estimate of drug-likeness (QED) is 0.675. The van der Waals surface area contributed by atoms with Crippen molar-refractivity contribution in [1.29, 1.82) is 0 Å². The lowest BCUT2D eigenvalue weighted by Crippen LogP contribution is -1.88. The van der Waals surface area contributed by atoms with Crippen molar-refractivity contribution >= 4 is 11.8 Å². The zero-order valence-electron chi connectivity index (χ0n) is 11.7. The second kappa shape index (κ2) is 6.01. The lowest BCUT2D eigenvalue weighted by atomic mass is 10.1. The van der Waals surface area contributed by atoms with Gasteiger partial charge in [-0.2, -0.15) is 0 Å². The molecule has 3 aromatic rings. The Labute approximate surface area is 126 Å². The van der Waals surface area contributed by atoms with Crippen molar-refractivity contribution in [1.82, 2.24) is 19.9 Å². The first-order valence-electron chi connectivity index (χ1n) is 6.33. The van der Waals surface area contributed by atoms with Crippen molar-refractivity contribution < 1.29 is 9.26 Å². The van der Waals surface area contributed by atoms with Crippen LogP contribution < -0.4 is 4.74 Å². The summed E-state index contributed by atoms with van der Waals surface area (Å²) < 4.78 is 12.4. The average Bonchev–Trinajstić information content (AvgIpc) is 3.14. The first kappa shape index (κ1) is 13.7. The van der Waals surface area contributed by atoms with Crippen LogP contribution in [0, 0.1) is 0 Å². The monoisotopic (exact) mass is 302 g/mol. The molecule has 0 aliphatic rings. The minimum atomic E-state index is 0.662. The summed E-state index contributed by atoms with van der Waals surface area (Å²) in [4.78, 5) is 0. The molecular formula is C14H14N4O2S. The minimum Gasteiger partial charge on any atom is -0.497 e. The Balaban J connectivity index is 1.69. The van der Waals surface area contributed by atoms with Crippen molar-refractivity contribution in [2.24, 2.45) is 7.05 Å². The molecule has 0 atom stereocenters. The molecule has 0 N–H and O–H groups in total. The summed E-state index contributed by atoms with van der Waals surface area (Å²) in [5.41, 5.74) is 1.81. The number of aromatic nitrogens is 4. The summed E-state index contributed by atoms with van der Waals surface area (Å²) >= 11 is 1.56. The van der Waals surface area contributed by atoms with Crippen molar-refractivity contribution in [2.45, 2.75) is 10.9 Å². The highest BCUT2D eigenvalue weighted by Gasteiger charge is 2.09. The molecule has 0 fully saturated rings. The fraction of sp³-hybridized carbons (Fsp3) is 0.214. The lowest BCUT2D eigenvalue weighted by Gasteiger charge is -1.99. The highest BCUT2D eigenvalue weighted by molar-refractivity contribution is 7.98. The van der Waals surface area contributed by atoms with Gasteiger partial charge in [0, 0.05) is 18.7 Å². The highest BCUT2D eigenvalue weighted by Crippen LogP contribution is 2.25. The first-order chi connectivity index (χ1) is 10.3. The van der Waals surface area contributed by atoms with Gasteiger partial charge in [0.05, 0.1) is 12.9 Å². The van der Waals surface area contributed by atoms with Gasteiger partial charge in [0.15, 0.2) is 5.16 Å². The second-order valence-corrected chi connectivity index (χ2v) is 5.36. The summed E-state index contributed by atoms with van der Waals surface area (Å²) in [6.07, 6.45) is 1.67. The van der Waals surface area contributed by atoms with E-state index < -0.39 is 0 Å². The zero-order valence-corrected chi connectivity index (χ0v) is 12.5. The van der Waals surface area contributed by atoms with Crippen LogP contribution in [-0.2, 0) is 12.8 Å². The van der Waals surface area contributed by atoms with E-state index >= 15 is 0 Å². The Morgan fingerprint density at radius 2 is 2.10 bits per heavy atom. The van der Waals surface area contributed by atoms with Crippen LogP contribution in [0.4, 0.5) is 0 Å². The number of methoxy groups -OCH3 is 1. The molecule has 0 bridgehead atoms. The normalized spacial score (nSPS) is 10.8. The maximum absolute atomic E-state index is 5.35. The third-order valence-corrected chi connectivity index (χ3v) is 4.01. The van der Waals surface area contributed by atoms with Gasteiger partial charge in [-0.3, -0.25) is 0 Å². The number of aryl methyl sites for hydroxylation is 1. The summed E-state index contributed by atoms with van der Waals surface area (Å²) in [7, 11) is 3.55. The number of nitrogens with zero attached hydrogens (tertiary/aromatic N) is 4. The molecule has 0 amide bonds. The van der Waals surface area contributed by atoms with Crippen LogP contribution >= 0.6 is 11.8 Å². The molecule has 1 aromatic carbocycles. The van der Waals surface area contributed by atoms with E-state index in [0.717, 1.165) is 27.9 Å². The van der Waals surface area contributed by atoms with E-state index in [1.165, 1.54) is 0 Å². The van der Waals surface area contributed by atoms with Gasteiger partial charge in [0.25, 0.3) is 0 Å². The Morgan fingerprint density at radius 1 is 1.29 bits per heavy atom. The van der Waals surface area contributed by atoms with E-state index in [1.54, 1.807) is 25.2 Å². The van der Waals surface area contributed by atoms with E-state index in [-0.39, 0.29) is 0 Å². The van der Waals surface area contributed by atoms with Gasteiger partial charge in [-0.25, -0.2) is 0 Å². The molecule has 0 saturated carbocycles. The number of thioether (sulfide) groups is 1. The molecule has 0 saturated heterocycles. The second-order valence-electron chi connectivity index (χ2n) is 4.42. The third-order valence-electron chi connectivity index (χ3n) is 2.96. The van der Waals surface area contributed by atoms with Gasteiger partial charge in [-0.1, -0.05) is 16.9 Å². The van der Waals surface area contributed by atoms with E-state index in [4.69, 9.17) is 9.26 Å². The van der Waals surface area contributed by atoms with Crippen LogP contribution in [0.2, 0.25) is 0 Å². The minimum absolute atomic E-state index is 0.662. The maximum atomic E-state index is 5.35. The lowest BCUT2D eigenvalue weighted by molar-refractivity contribution is 0.397. The molecule has 108 valence electrons. The summed E-state index contributed by atoms with van der Waals surface area (Å²) in [5.74, 6) is 2.28. The Kier molecular flexibility index (Phi) is 3.92. The van der Waals surface area contributed by atoms with E-state index in [1.807, 2.05) is 41.9 Å². The predicted molar refractivity (Wildman–Crippen MR) is 79.1 cm³/mol. The number of hydrogen-bond acceptors (Lipinski definition) is 6. The smallest absolute Gasteiger partial charge is 0.191 e. The largest absolute Gasteiger partial charge is 0.497 e. The zero-order chi connectivity index (χ0) is 14.7.